The maximum absolute atomic E-state index is 8.77. The van der Waals surface area contributed by atoms with E-state index in [0.29, 0.717) is 0 Å². The molecule has 0 spiro atoms. The van der Waals surface area contributed by atoms with Crippen LogP contribution in [0, 0.1) is 0 Å². The van der Waals surface area contributed by atoms with Gasteiger partial charge in [0.25, 0.3) is 0 Å². The van der Waals surface area contributed by atoms with Crippen LogP contribution in [0.4, 0.5) is 0 Å². The molecule has 0 aliphatic carbocycles. The Labute approximate surface area is 76.1 Å². The van der Waals surface area contributed by atoms with Gasteiger partial charge in [-0.2, -0.15) is 0 Å². The molecule has 0 aromatic heterocycles. The van der Waals surface area contributed by atoms with E-state index in [-0.39, 0.29) is 10.9 Å². The largest absolute Gasteiger partial charge is 0.382 e. The Morgan fingerprint density at radius 2 is 1.20 bits per heavy atom. The molecule has 0 aromatic rings. The van der Waals surface area contributed by atoms with Crippen LogP contribution in [0.1, 0.15) is 13.8 Å². The van der Waals surface area contributed by atoms with Crippen molar-refractivity contribution in [2.75, 3.05) is 0 Å². The number of aliphatic hydroxyl groups is 2. The van der Waals surface area contributed by atoms with Gasteiger partial charge in [0.05, 0.1) is 0 Å². The molecule has 0 fully saturated rings. The van der Waals surface area contributed by atoms with Crippen molar-refractivity contribution in [3.05, 3.63) is 0 Å². The Hall–Kier alpha value is 1.32. The van der Waals surface area contributed by atoms with Gasteiger partial charge >= 0.3 is 0 Å². The van der Waals surface area contributed by atoms with Gasteiger partial charge in [-0.3, -0.25) is 0 Å². The van der Waals surface area contributed by atoms with E-state index in [9.17, 15) is 0 Å². The molecule has 0 aliphatic heterocycles. The lowest BCUT2D eigenvalue weighted by Gasteiger charge is -2.02. The molecule has 10 heavy (non-hydrogen) atoms. The van der Waals surface area contributed by atoms with E-state index in [2.05, 4.69) is 0 Å². The van der Waals surface area contributed by atoms with E-state index in [1.54, 1.807) is 13.8 Å². The quantitative estimate of drug-likeness (QED) is 0.419. The Morgan fingerprint density at radius 3 is 1.40 bits per heavy atom. The predicted molar refractivity (Wildman–Crippen MR) is 53.7 cm³/mol. The van der Waals surface area contributed by atoms with Crippen LogP contribution in [0.15, 0.2) is 0 Å². The Morgan fingerprint density at radius 1 is 0.900 bits per heavy atom. The summed E-state index contributed by atoms with van der Waals surface area (Å²) < 4.78 is 0. The minimum Gasteiger partial charge on any atom is -0.382 e. The van der Waals surface area contributed by atoms with Gasteiger partial charge in [0.1, 0.15) is 10.9 Å². The average molecular weight is 218 g/mol. The predicted octanol–water partition coefficient (Wildman–Crippen LogP) is 2.34. The van der Waals surface area contributed by atoms with Gasteiger partial charge in [-0.1, -0.05) is 21.6 Å². The smallest absolute Gasteiger partial charge is 0.107 e. The second kappa shape index (κ2) is 7.00. The molecular formula is C4H10O2S4. The second-order valence-corrected chi connectivity index (χ2v) is 7.97. The Kier molecular flexibility index (Phi) is 7.92. The third-order valence-electron chi connectivity index (χ3n) is 0.385. The summed E-state index contributed by atoms with van der Waals surface area (Å²) in [5, 5.41) is 17.5. The van der Waals surface area contributed by atoms with Crippen LogP contribution in [0.5, 0.6) is 0 Å². The van der Waals surface area contributed by atoms with Crippen LogP contribution in [0.25, 0.3) is 0 Å². The van der Waals surface area contributed by atoms with Gasteiger partial charge in [0.2, 0.25) is 0 Å². The molecule has 0 heterocycles. The second-order valence-electron chi connectivity index (χ2n) is 1.53. The van der Waals surface area contributed by atoms with Crippen molar-refractivity contribution in [3.8, 4) is 0 Å². The molecule has 2 nitrogen and oxygen atoms in total. The van der Waals surface area contributed by atoms with E-state index in [1.165, 1.54) is 41.2 Å². The first-order chi connectivity index (χ1) is 4.63. The van der Waals surface area contributed by atoms with Crippen molar-refractivity contribution >= 4 is 41.2 Å². The molecule has 2 N–H and O–H groups in total. The molecule has 2 unspecified atom stereocenters. The SMILES string of the molecule is CC(O)SSSSC(C)O. The topological polar surface area (TPSA) is 40.5 Å². The standard InChI is InChI=1S/C4H10O2S4/c1-3(5)7-9-10-8-4(2)6/h3-6H,1-2H3. The van der Waals surface area contributed by atoms with Crippen molar-refractivity contribution in [3.63, 3.8) is 0 Å². The van der Waals surface area contributed by atoms with Crippen molar-refractivity contribution in [2.45, 2.75) is 24.7 Å². The monoisotopic (exact) mass is 218 g/mol. The summed E-state index contributed by atoms with van der Waals surface area (Å²) in [6.45, 7) is 3.43. The zero-order chi connectivity index (χ0) is 7.98. The Bertz CT molecular complexity index is 67.7. The van der Waals surface area contributed by atoms with Crippen molar-refractivity contribution < 1.29 is 10.2 Å². The van der Waals surface area contributed by atoms with Crippen molar-refractivity contribution in [1.82, 2.24) is 0 Å². The minimum absolute atomic E-state index is 0.341. The van der Waals surface area contributed by atoms with Gasteiger partial charge < -0.3 is 10.2 Å². The highest BCUT2D eigenvalue weighted by molar-refractivity contribution is 9.26. The molecule has 0 amide bonds. The molecule has 2 atom stereocenters. The lowest BCUT2D eigenvalue weighted by Crippen LogP contribution is -1.87. The van der Waals surface area contributed by atoms with Crippen LogP contribution in [-0.2, 0) is 0 Å². The summed E-state index contributed by atoms with van der Waals surface area (Å²) in [7, 11) is 5.70. The lowest BCUT2D eigenvalue weighted by molar-refractivity contribution is 0.285. The molecule has 0 radical (unpaired) electrons. The number of hydrogen-bond acceptors (Lipinski definition) is 6. The van der Waals surface area contributed by atoms with Crippen molar-refractivity contribution in [1.29, 1.82) is 0 Å². The van der Waals surface area contributed by atoms with Crippen LogP contribution in [-0.4, -0.2) is 21.1 Å². The zero-order valence-electron chi connectivity index (χ0n) is 5.68. The van der Waals surface area contributed by atoms with Gasteiger partial charge in [-0.15, -0.1) is 0 Å². The molecule has 0 saturated heterocycles. The molecule has 0 aliphatic rings. The maximum atomic E-state index is 8.77. The number of aliphatic hydroxyl groups excluding tert-OH is 2. The summed E-state index contributed by atoms with van der Waals surface area (Å²) in [4.78, 5) is 0. The van der Waals surface area contributed by atoms with Gasteiger partial charge in [0.15, 0.2) is 0 Å². The van der Waals surface area contributed by atoms with Gasteiger partial charge in [0, 0.05) is 0 Å². The molecule has 62 valence electrons. The third kappa shape index (κ3) is 9.32. The zero-order valence-corrected chi connectivity index (χ0v) is 8.95. The summed E-state index contributed by atoms with van der Waals surface area (Å²) in [5.74, 6) is 0. The van der Waals surface area contributed by atoms with E-state index in [1.807, 2.05) is 0 Å². The van der Waals surface area contributed by atoms with Crippen molar-refractivity contribution in [2.24, 2.45) is 0 Å². The summed E-state index contributed by atoms with van der Waals surface area (Å²) >= 11 is 0. The molecule has 6 heteroatoms. The fourth-order valence-corrected chi connectivity index (χ4v) is 5.67. The average Bonchev–Trinajstić information content (AvgIpc) is 1.79. The fraction of sp³-hybridized carbons (Fsp3) is 1.00. The molecule has 0 aromatic carbocycles. The number of rotatable bonds is 5. The van der Waals surface area contributed by atoms with Crippen LogP contribution < -0.4 is 0 Å². The summed E-state index contributed by atoms with van der Waals surface area (Å²) in [6.07, 6.45) is 0. The van der Waals surface area contributed by atoms with E-state index >= 15 is 0 Å². The summed E-state index contributed by atoms with van der Waals surface area (Å²) in [5.41, 5.74) is -0.681. The highest BCUT2D eigenvalue weighted by Crippen LogP contribution is 2.45. The van der Waals surface area contributed by atoms with Gasteiger partial charge in [-0.05, 0) is 33.5 Å². The molecule has 0 saturated carbocycles. The minimum atomic E-state index is -0.341. The van der Waals surface area contributed by atoms with E-state index < -0.39 is 0 Å². The normalized spacial score (nSPS) is 16.8. The highest BCUT2D eigenvalue weighted by Gasteiger charge is 1.99. The van der Waals surface area contributed by atoms with Crippen LogP contribution >= 0.6 is 41.2 Å². The maximum Gasteiger partial charge on any atom is 0.107 e. The van der Waals surface area contributed by atoms with Crippen LogP contribution in [0.2, 0.25) is 0 Å². The third-order valence-corrected chi connectivity index (χ3v) is 6.88. The molecular weight excluding hydrogens is 208 g/mol. The fourth-order valence-electron chi connectivity index (χ4n) is 0.146. The van der Waals surface area contributed by atoms with E-state index in [4.69, 9.17) is 10.2 Å². The highest BCUT2D eigenvalue weighted by atomic mass is 33.7. The van der Waals surface area contributed by atoms with E-state index in [0.717, 1.165) is 0 Å². The summed E-state index contributed by atoms with van der Waals surface area (Å²) in [6, 6.07) is 0. The first kappa shape index (κ1) is 11.3. The number of hydrogen-bond donors (Lipinski definition) is 2. The first-order valence-electron chi connectivity index (χ1n) is 2.64. The molecule has 0 bridgehead atoms. The molecule has 0 rings (SSSR count). The van der Waals surface area contributed by atoms with Crippen LogP contribution in [0.3, 0.4) is 0 Å². The first-order valence-corrected chi connectivity index (χ1v) is 7.59. The van der Waals surface area contributed by atoms with Gasteiger partial charge in [-0.25, -0.2) is 0 Å². The lowest BCUT2D eigenvalue weighted by atomic mass is 10.9. The Balaban J connectivity index is 2.91.